The number of hydrogen-bond donors (Lipinski definition) is 1. The first-order valence-electron chi connectivity index (χ1n) is 11.6. The van der Waals surface area contributed by atoms with E-state index in [1.165, 1.54) is 0 Å². The Balaban J connectivity index is 1.34. The summed E-state index contributed by atoms with van der Waals surface area (Å²) in [5.74, 6) is -0.0594. The molecule has 5 rings (SSSR count). The van der Waals surface area contributed by atoms with Crippen LogP contribution in [0.4, 0.5) is 0 Å². The zero-order chi connectivity index (χ0) is 23.7. The molecule has 1 aromatic carbocycles. The molecule has 0 unspecified atom stereocenters. The van der Waals surface area contributed by atoms with Gasteiger partial charge in [-0.3, -0.25) is 9.59 Å². The Labute approximate surface area is 202 Å². The van der Waals surface area contributed by atoms with Crippen molar-refractivity contribution in [1.29, 1.82) is 0 Å². The Bertz CT molecular complexity index is 1340. The average molecular weight is 474 g/mol. The Morgan fingerprint density at radius 1 is 1.12 bits per heavy atom. The third kappa shape index (κ3) is 4.21. The minimum Gasteiger partial charge on any atom is -0.349 e. The lowest BCUT2D eigenvalue weighted by Gasteiger charge is -2.32. The number of rotatable bonds is 5. The molecule has 1 aliphatic rings. The van der Waals surface area contributed by atoms with Gasteiger partial charge >= 0.3 is 0 Å². The van der Waals surface area contributed by atoms with Gasteiger partial charge in [0.15, 0.2) is 5.65 Å². The molecule has 1 fully saturated rings. The molecule has 34 heavy (non-hydrogen) atoms. The number of nitrogens with zero attached hydrogens (tertiary/aromatic N) is 4. The van der Waals surface area contributed by atoms with E-state index in [2.05, 4.69) is 10.4 Å². The molecular weight excluding hydrogens is 446 g/mol. The van der Waals surface area contributed by atoms with Crippen LogP contribution < -0.4 is 5.32 Å². The van der Waals surface area contributed by atoms with E-state index in [0.717, 1.165) is 40.0 Å². The van der Waals surface area contributed by atoms with Crippen molar-refractivity contribution in [2.24, 2.45) is 0 Å². The molecule has 1 N–H and O–H groups in total. The third-order valence-electron chi connectivity index (χ3n) is 6.42. The molecule has 0 spiro atoms. The molecule has 1 aliphatic heterocycles. The molecule has 3 aromatic heterocycles. The van der Waals surface area contributed by atoms with Crippen LogP contribution in [0.2, 0.25) is 0 Å². The van der Waals surface area contributed by atoms with Crippen LogP contribution in [0.25, 0.3) is 21.6 Å². The lowest BCUT2D eigenvalue weighted by molar-refractivity contribution is 0.0700. The number of thiophene rings is 1. The van der Waals surface area contributed by atoms with Crippen LogP contribution in [0.15, 0.2) is 54.0 Å². The molecule has 0 bridgehead atoms. The van der Waals surface area contributed by atoms with Crippen molar-refractivity contribution < 1.29 is 9.59 Å². The summed E-state index contributed by atoms with van der Waals surface area (Å²) >= 11 is 1.60. The van der Waals surface area contributed by atoms with Crippen LogP contribution in [0.3, 0.4) is 0 Å². The Morgan fingerprint density at radius 2 is 1.91 bits per heavy atom. The molecule has 0 aliphatic carbocycles. The predicted molar refractivity (Wildman–Crippen MR) is 134 cm³/mol. The van der Waals surface area contributed by atoms with Crippen molar-refractivity contribution in [1.82, 2.24) is 25.0 Å². The quantitative estimate of drug-likeness (QED) is 0.462. The number of nitrogens with one attached hydrogen (secondary N) is 1. The minimum absolute atomic E-state index is 0.00969. The van der Waals surface area contributed by atoms with E-state index in [0.29, 0.717) is 30.8 Å². The summed E-state index contributed by atoms with van der Waals surface area (Å²) < 4.78 is 1.83. The van der Waals surface area contributed by atoms with Crippen molar-refractivity contribution in [2.45, 2.75) is 39.3 Å². The van der Waals surface area contributed by atoms with Crippen LogP contribution in [-0.4, -0.2) is 50.6 Å². The smallest absolute Gasteiger partial charge is 0.254 e. The number of piperidine rings is 1. The van der Waals surface area contributed by atoms with Crippen molar-refractivity contribution in [2.75, 3.05) is 13.1 Å². The molecule has 0 atom stereocenters. The first kappa shape index (κ1) is 22.3. The maximum absolute atomic E-state index is 13.6. The highest BCUT2D eigenvalue weighted by Gasteiger charge is 2.27. The molecule has 8 heteroatoms. The summed E-state index contributed by atoms with van der Waals surface area (Å²) in [5, 5.41) is 10.4. The molecule has 0 saturated carbocycles. The van der Waals surface area contributed by atoms with Crippen LogP contribution >= 0.6 is 11.3 Å². The number of aryl methyl sites for hydroxylation is 2. The van der Waals surface area contributed by atoms with E-state index in [9.17, 15) is 9.59 Å². The number of pyridine rings is 1. The van der Waals surface area contributed by atoms with E-state index in [1.807, 2.05) is 71.3 Å². The number of likely N-dealkylation sites (tertiary alicyclic amines) is 1. The number of amides is 2. The van der Waals surface area contributed by atoms with Gasteiger partial charge in [-0.2, -0.15) is 5.10 Å². The summed E-state index contributed by atoms with van der Waals surface area (Å²) in [6, 6.07) is 13.5. The number of benzene rings is 1. The summed E-state index contributed by atoms with van der Waals surface area (Å²) in [6.07, 6.45) is 3.19. The summed E-state index contributed by atoms with van der Waals surface area (Å²) in [7, 11) is 0. The van der Waals surface area contributed by atoms with Crippen molar-refractivity contribution in [3.05, 3.63) is 70.7 Å². The normalized spacial score (nSPS) is 14.5. The summed E-state index contributed by atoms with van der Waals surface area (Å²) in [6.45, 7) is 5.83. The lowest BCUT2D eigenvalue weighted by Crippen LogP contribution is -2.46. The molecule has 0 radical (unpaired) electrons. The SMILES string of the molecule is CCn1ncc2c(C(=O)N3CCC(NC(=O)c4ccccc4C)CC3)cc(-c3cccs3)nc21. The number of carbonyl (C=O) groups excluding carboxylic acids is 2. The molecule has 1 saturated heterocycles. The molecule has 174 valence electrons. The van der Waals surface area contributed by atoms with Gasteiger partial charge in [0.2, 0.25) is 0 Å². The maximum Gasteiger partial charge on any atom is 0.254 e. The third-order valence-corrected chi connectivity index (χ3v) is 7.31. The predicted octanol–water partition coefficient (Wildman–Crippen LogP) is 4.52. The maximum atomic E-state index is 13.6. The second kappa shape index (κ2) is 9.38. The second-order valence-corrected chi connectivity index (χ2v) is 9.53. The zero-order valence-electron chi connectivity index (χ0n) is 19.3. The molecule has 4 heterocycles. The zero-order valence-corrected chi connectivity index (χ0v) is 20.1. The van der Waals surface area contributed by atoms with E-state index in [4.69, 9.17) is 4.98 Å². The topological polar surface area (TPSA) is 80.1 Å². The largest absolute Gasteiger partial charge is 0.349 e. The van der Waals surface area contributed by atoms with Gasteiger partial charge in [0.1, 0.15) is 0 Å². The fourth-order valence-corrected chi connectivity index (χ4v) is 5.18. The lowest BCUT2D eigenvalue weighted by atomic mass is 10.0. The van der Waals surface area contributed by atoms with Gasteiger partial charge in [0, 0.05) is 31.2 Å². The second-order valence-electron chi connectivity index (χ2n) is 8.58. The Hall–Kier alpha value is -3.52. The highest BCUT2D eigenvalue weighted by Crippen LogP contribution is 2.29. The fourth-order valence-electron chi connectivity index (χ4n) is 4.49. The first-order chi connectivity index (χ1) is 16.5. The fraction of sp³-hybridized carbons (Fsp3) is 0.308. The van der Waals surface area contributed by atoms with Crippen molar-refractivity contribution >= 4 is 34.2 Å². The first-order valence-corrected chi connectivity index (χ1v) is 12.5. The molecule has 7 nitrogen and oxygen atoms in total. The van der Waals surface area contributed by atoms with Gasteiger partial charge in [0.05, 0.1) is 27.7 Å². The van der Waals surface area contributed by atoms with E-state index in [-0.39, 0.29) is 17.9 Å². The number of carbonyl (C=O) groups is 2. The van der Waals surface area contributed by atoms with E-state index < -0.39 is 0 Å². The molecule has 4 aromatic rings. The van der Waals surface area contributed by atoms with Crippen LogP contribution in [0, 0.1) is 6.92 Å². The Kier molecular flexibility index (Phi) is 6.15. The van der Waals surface area contributed by atoms with Gasteiger partial charge in [-0.15, -0.1) is 11.3 Å². The molecular formula is C26H27N5O2S. The highest BCUT2D eigenvalue weighted by atomic mass is 32.1. The minimum atomic E-state index is -0.0497. The summed E-state index contributed by atoms with van der Waals surface area (Å²) in [5.41, 5.74) is 3.83. The van der Waals surface area contributed by atoms with E-state index in [1.54, 1.807) is 17.5 Å². The standard InChI is InChI=1S/C26H27N5O2S/c1-3-31-24-21(16-27-31)20(15-22(29-24)23-9-6-14-34-23)26(33)30-12-10-18(11-13-30)28-25(32)19-8-5-4-7-17(19)2/h4-9,14-16,18H,3,10-13H2,1-2H3,(H,28,32). The van der Waals surface area contributed by atoms with Crippen molar-refractivity contribution in [3.63, 3.8) is 0 Å². The average Bonchev–Trinajstić information content (AvgIpc) is 3.54. The monoisotopic (exact) mass is 473 g/mol. The van der Waals surface area contributed by atoms with Gasteiger partial charge in [-0.25, -0.2) is 9.67 Å². The number of hydrogen-bond acceptors (Lipinski definition) is 5. The molecule has 2 amide bonds. The van der Waals surface area contributed by atoms with Gasteiger partial charge in [-0.05, 0) is 55.8 Å². The van der Waals surface area contributed by atoms with Crippen molar-refractivity contribution in [3.8, 4) is 10.6 Å². The van der Waals surface area contributed by atoms with Gasteiger partial charge in [-0.1, -0.05) is 24.3 Å². The number of fused-ring (bicyclic) bond motifs is 1. The van der Waals surface area contributed by atoms with Crippen LogP contribution in [-0.2, 0) is 6.54 Å². The van der Waals surface area contributed by atoms with Crippen LogP contribution in [0.1, 0.15) is 46.0 Å². The van der Waals surface area contributed by atoms with Crippen LogP contribution in [0.5, 0.6) is 0 Å². The van der Waals surface area contributed by atoms with E-state index >= 15 is 0 Å². The summed E-state index contributed by atoms with van der Waals surface area (Å²) in [4.78, 5) is 34.0. The van der Waals surface area contributed by atoms with Gasteiger partial charge in [0.25, 0.3) is 11.8 Å². The number of aromatic nitrogens is 3. The van der Waals surface area contributed by atoms with Gasteiger partial charge < -0.3 is 10.2 Å². The Morgan fingerprint density at radius 3 is 2.62 bits per heavy atom. The highest BCUT2D eigenvalue weighted by molar-refractivity contribution is 7.13.